The molecule has 2 aromatic heterocycles. The fourth-order valence-electron chi connectivity index (χ4n) is 1.09. The molecule has 0 unspecified atom stereocenters. The van der Waals surface area contributed by atoms with Gasteiger partial charge in [0.1, 0.15) is 10.3 Å². The third kappa shape index (κ3) is 2.32. The van der Waals surface area contributed by atoms with Gasteiger partial charge in [-0.1, -0.05) is 23.2 Å². The lowest BCUT2D eigenvalue weighted by Gasteiger charge is -2.03. The average molecular weight is 257 g/mol. The number of carbonyl (C=O) groups excluding carboxylic acids is 1. The molecule has 0 aliphatic heterocycles. The highest BCUT2D eigenvalue weighted by molar-refractivity contribution is 6.35. The monoisotopic (exact) mass is 256 g/mol. The van der Waals surface area contributed by atoms with Gasteiger partial charge in [0, 0.05) is 12.4 Å². The van der Waals surface area contributed by atoms with Crippen LogP contribution in [0, 0.1) is 0 Å². The molecule has 82 valence electrons. The van der Waals surface area contributed by atoms with E-state index in [1.54, 1.807) is 6.20 Å². The summed E-state index contributed by atoms with van der Waals surface area (Å²) in [5.41, 5.74) is 0.238. The van der Waals surface area contributed by atoms with Crippen molar-refractivity contribution in [1.82, 2.24) is 15.0 Å². The Labute approximate surface area is 101 Å². The predicted molar refractivity (Wildman–Crippen MR) is 60.8 cm³/mol. The van der Waals surface area contributed by atoms with Crippen molar-refractivity contribution in [3.8, 4) is 0 Å². The molecule has 0 fully saturated rings. The van der Waals surface area contributed by atoms with Gasteiger partial charge < -0.3 is 4.98 Å². The number of H-pyrrole nitrogens is 1. The molecule has 2 aromatic rings. The highest BCUT2D eigenvalue weighted by atomic mass is 35.5. The Morgan fingerprint density at radius 2 is 2.19 bits per heavy atom. The fourth-order valence-corrected chi connectivity index (χ4v) is 1.52. The number of nitrogens with one attached hydrogen (secondary N) is 2. The van der Waals surface area contributed by atoms with Crippen molar-refractivity contribution in [2.75, 3.05) is 5.32 Å². The molecular formula is C9H6Cl2N4O. The first-order chi connectivity index (χ1) is 7.66. The van der Waals surface area contributed by atoms with Crippen molar-refractivity contribution in [2.24, 2.45) is 0 Å². The molecule has 2 N–H and O–H groups in total. The highest BCUT2D eigenvalue weighted by Crippen LogP contribution is 2.17. The first-order valence-corrected chi connectivity index (χ1v) is 5.05. The zero-order valence-corrected chi connectivity index (χ0v) is 9.38. The Balaban J connectivity index is 2.21. The second kappa shape index (κ2) is 4.51. The van der Waals surface area contributed by atoms with Crippen molar-refractivity contribution in [3.05, 3.63) is 40.4 Å². The number of hydrogen-bond donors (Lipinski definition) is 2. The van der Waals surface area contributed by atoms with Crippen LogP contribution in [0.2, 0.25) is 10.3 Å². The summed E-state index contributed by atoms with van der Waals surface area (Å²) in [6, 6.07) is 2.99. The summed E-state index contributed by atoms with van der Waals surface area (Å²) in [6.45, 7) is 0. The van der Waals surface area contributed by atoms with Gasteiger partial charge in [0.2, 0.25) is 5.95 Å². The first kappa shape index (κ1) is 10.9. The number of aromatic nitrogens is 3. The molecule has 2 rings (SSSR count). The molecule has 0 aliphatic rings. The average Bonchev–Trinajstić information content (AvgIpc) is 2.70. The third-order valence-corrected chi connectivity index (χ3v) is 2.29. The van der Waals surface area contributed by atoms with Gasteiger partial charge >= 0.3 is 0 Å². The summed E-state index contributed by atoms with van der Waals surface area (Å²) < 4.78 is 0. The quantitative estimate of drug-likeness (QED) is 0.811. The summed E-state index contributed by atoms with van der Waals surface area (Å²) in [4.78, 5) is 22.1. The third-order valence-electron chi connectivity index (χ3n) is 1.79. The first-order valence-electron chi connectivity index (χ1n) is 4.29. The molecule has 16 heavy (non-hydrogen) atoms. The lowest BCUT2D eigenvalue weighted by Crippen LogP contribution is -2.13. The van der Waals surface area contributed by atoms with E-state index in [9.17, 15) is 4.79 Å². The van der Waals surface area contributed by atoms with Crippen LogP contribution in [0.15, 0.2) is 24.5 Å². The van der Waals surface area contributed by atoms with E-state index in [1.165, 1.54) is 18.3 Å². The molecular weight excluding hydrogens is 251 g/mol. The second-order valence-electron chi connectivity index (χ2n) is 2.86. The number of hydrogen-bond acceptors (Lipinski definition) is 3. The Hall–Kier alpha value is -1.59. The normalized spacial score (nSPS) is 10.1. The summed E-state index contributed by atoms with van der Waals surface area (Å²) >= 11 is 11.4. The van der Waals surface area contributed by atoms with E-state index >= 15 is 0 Å². The van der Waals surface area contributed by atoms with Crippen LogP contribution >= 0.6 is 23.2 Å². The van der Waals surface area contributed by atoms with Gasteiger partial charge in [-0.25, -0.2) is 9.97 Å². The standard InChI is InChI=1S/C9H6Cl2N4O/c10-6-2-1-5(7(11)14-6)8(16)15-9-12-3-4-13-9/h1-4H,(H2,12,13,15,16). The zero-order valence-electron chi connectivity index (χ0n) is 7.87. The number of aromatic amines is 1. The summed E-state index contributed by atoms with van der Waals surface area (Å²) in [5.74, 6) is -0.0554. The Kier molecular flexibility index (Phi) is 3.07. The summed E-state index contributed by atoms with van der Waals surface area (Å²) in [5, 5.41) is 2.81. The lowest BCUT2D eigenvalue weighted by atomic mass is 10.3. The summed E-state index contributed by atoms with van der Waals surface area (Å²) in [7, 11) is 0. The van der Waals surface area contributed by atoms with Gasteiger partial charge in [0.05, 0.1) is 5.56 Å². The van der Waals surface area contributed by atoms with Crippen molar-refractivity contribution < 1.29 is 4.79 Å². The Morgan fingerprint density at radius 3 is 2.81 bits per heavy atom. The largest absolute Gasteiger partial charge is 0.331 e. The van der Waals surface area contributed by atoms with Gasteiger partial charge in [0.25, 0.3) is 5.91 Å². The molecule has 0 aromatic carbocycles. The minimum atomic E-state index is -0.399. The molecule has 5 nitrogen and oxygen atoms in total. The van der Waals surface area contributed by atoms with Crippen LogP contribution in [0.4, 0.5) is 5.95 Å². The van der Waals surface area contributed by atoms with E-state index in [-0.39, 0.29) is 15.9 Å². The molecule has 0 spiro atoms. The number of carbonyl (C=O) groups is 1. The van der Waals surface area contributed by atoms with E-state index in [4.69, 9.17) is 23.2 Å². The Bertz CT molecular complexity index is 512. The number of rotatable bonds is 2. The fraction of sp³-hybridized carbons (Fsp3) is 0. The van der Waals surface area contributed by atoms with Crippen LogP contribution in [0.1, 0.15) is 10.4 Å². The number of pyridine rings is 1. The van der Waals surface area contributed by atoms with Crippen molar-refractivity contribution in [1.29, 1.82) is 0 Å². The van der Waals surface area contributed by atoms with Crippen molar-refractivity contribution in [2.45, 2.75) is 0 Å². The van der Waals surface area contributed by atoms with E-state index in [0.717, 1.165) is 0 Å². The number of amides is 1. The topological polar surface area (TPSA) is 70.7 Å². The Morgan fingerprint density at radius 1 is 1.38 bits per heavy atom. The van der Waals surface area contributed by atoms with Gasteiger partial charge in [-0.15, -0.1) is 0 Å². The summed E-state index contributed by atoms with van der Waals surface area (Å²) in [6.07, 6.45) is 3.12. The van der Waals surface area contributed by atoms with Crippen LogP contribution < -0.4 is 5.32 Å². The van der Waals surface area contributed by atoms with Crippen LogP contribution in [0.3, 0.4) is 0 Å². The maximum absolute atomic E-state index is 11.7. The molecule has 2 heterocycles. The SMILES string of the molecule is O=C(Nc1ncc[nH]1)c1ccc(Cl)nc1Cl. The number of anilines is 1. The number of imidazole rings is 1. The minimum absolute atomic E-state index is 0.0524. The number of halogens is 2. The molecule has 0 bridgehead atoms. The molecule has 0 saturated heterocycles. The van der Waals surface area contributed by atoms with Crippen molar-refractivity contribution >= 4 is 35.1 Å². The molecule has 7 heteroatoms. The van der Waals surface area contributed by atoms with E-state index < -0.39 is 5.91 Å². The molecule has 0 aliphatic carbocycles. The maximum atomic E-state index is 11.7. The molecule has 0 atom stereocenters. The van der Waals surface area contributed by atoms with Gasteiger partial charge in [-0.05, 0) is 12.1 Å². The van der Waals surface area contributed by atoms with Gasteiger partial charge in [0.15, 0.2) is 0 Å². The van der Waals surface area contributed by atoms with Crippen LogP contribution in [0.5, 0.6) is 0 Å². The molecule has 0 radical (unpaired) electrons. The highest BCUT2D eigenvalue weighted by Gasteiger charge is 2.12. The van der Waals surface area contributed by atoms with Crippen LogP contribution in [0.25, 0.3) is 0 Å². The maximum Gasteiger partial charge on any atom is 0.261 e. The second-order valence-corrected chi connectivity index (χ2v) is 3.61. The minimum Gasteiger partial charge on any atom is -0.331 e. The van der Waals surface area contributed by atoms with Gasteiger partial charge in [-0.3, -0.25) is 10.1 Å². The van der Waals surface area contributed by atoms with Crippen molar-refractivity contribution in [3.63, 3.8) is 0 Å². The van der Waals surface area contributed by atoms with Gasteiger partial charge in [-0.2, -0.15) is 0 Å². The van der Waals surface area contributed by atoms with Crippen LogP contribution in [-0.4, -0.2) is 20.9 Å². The van der Waals surface area contributed by atoms with E-state index in [2.05, 4.69) is 20.3 Å². The molecule has 0 saturated carbocycles. The van der Waals surface area contributed by atoms with E-state index in [0.29, 0.717) is 5.95 Å². The number of nitrogens with zero attached hydrogens (tertiary/aromatic N) is 2. The molecule has 1 amide bonds. The van der Waals surface area contributed by atoms with E-state index in [1.807, 2.05) is 0 Å². The lowest BCUT2D eigenvalue weighted by molar-refractivity contribution is 0.102. The van der Waals surface area contributed by atoms with Crippen LogP contribution in [-0.2, 0) is 0 Å². The predicted octanol–water partition coefficient (Wildman–Crippen LogP) is 2.36. The smallest absolute Gasteiger partial charge is 0.261 e. The zero-order chi connectivity index (χ0) is 11.5.